The molecule has 0 aliphatic carbocycles. The van der Waals surface area contributed by atoms with Crippen molar-refractivity contribution in [3.05, 3.63) is 65.4 Å². The van der Waals surface area contributed by atoms with E-state index in [0.29, 0.717) is 40.0 Å². The van der Waals surface area contributed by atoms with Crippen molar-refractivity contribution >= 4 is 17.4 Å². The highest BCUT2D eigenvalue weighted by molar-refractivity contribution is 6.03. The third-order valence-corrected chi connectivity index (χ3v) is 4.88. The summed E-state index contributed by atoms with van der Waals surface area (Å²) in [5.74, 6) is 1.06. The molecule has 1 atom stereocenters. The minimum Gasteiger partial charge on any atom is -0.490 e. The summed E-state index contributed by atoms with van der Waals surface area (Å²) in [7, 11) is 0. The van der Waals surface area contributed by atoms with Crippen LogP contribution in [0.1, 0.15) is 27.7 Å². The monoisotopic (exact) mass is 448 g/mol. The van der Waals surface area contributed by atoms with Crippen molar-refractivity contribution in [2.75, 3.05) is 18.5 Å². The smallest absolute Gasteiger partial charge is 0.277 e. The van der Waals surface area contributed by atoms with Gasteiger partial charge in [0.1, 0.15) is 30.1 Å². The van der Waals surface area contributed by atoms with Crippen molar-refractivity contribution in [3.8, 4) is 17.0 Å². The minimum absolute atomic E-state index is 0.0641. The van der Waals surface area contributed by atoms with Crippen LogP contribution >= 0.6 is 0 Å². The number of aromatic nitrogens is 5. The van der Waals surface area contributed by atoms with Crippen LogP contribution in [0.25, 0.3) is 16.9 Å². The highest BCUT2D eigenvalue weighted by atomic mass is 16.5. The summed E-state index contributed by atoms with van der Waals surface area (Å²) in [6.07, 6.45) is -0.992. The van der Waals surface area contributed by atoms with E-state index >= 15 is 0 Å². The second kappa shape index (κ2) is 9.31. The fourth-order valence-electron chi connectivity index (χ4n) is 3.45. The molecule has 10 nitrogen and oxygen atoms in total. The summed E-state index contributed by atoms with van der Waals surface area (Å²) in [6, 6.07) is 12.5. The Labute approximate surface area is 189 Å². The number of aryl methyl sites for hydroxylation is 3. The molecule has 10 heteroatoms. The van der Waals surface area contributed by atoms with Crippen LogP contribution in [0.3, 0.4) is 0 Å². The fraction of sp³-hybridized carbons (Fsp3) is 0.261. The van der Waals surface area contributed by atoms with Crippen molar-refractivity contribution in [1.29, 1.82) is 0 Å². The molecule has 0 aliphatic rings. The van der Waals surface area contributed by atoms with Gasteiger partial charge in [0.2, 0.25) is 0 Å². The number of fused-ring (bicyclic) bond motifs is 1. The van der Waals surface area contributed by atoms with Crippen LogP contribution in [0.15, 0.2) is 42.5 Å². The maximum Gasteiger partial charge on any atom is 0.277 e. The van der Waals surface area contributed by atoms with Gasteiger partial charge < -0.3 is 20.3 Å². The number of rotatable bonds is 7. The number of aliphatic hydroxyl groups is 2. The van der Waals surface area contributed by atoms with Gasteiger partial charge in [-0.25, -0.2) is 19.5 Å². The van der Waals surface area contributed by atoms with E-state index < -0.39 is 18.6 Å². The molecule has 3 aromatic heterocycles. The average molecular weight is 448 g/mol. The first-order valence-corrected chi connectivity index (χ1v) is 10.4. The molecule has 0 saturated carbocycles. The second-order valence-corrected chi connectivity index (χ2v) is 7.57. The highest BCUT2D eigenvalue weighted by Crippen LogP contribution is 2.29. The van der Waals surface area contributed by atoms with Crippen LogP contribution in [-0.2, 0) is 0 Å². The Hall–Kier alpha value is -3.89. The minimum atomic E-state index is -0.992. The molecule has 3 N–H and O–H groups in total. The maximum absolute atomic E-state index is 13.1. The van der Waals surface area contributed by atoms with Crippen molar-refractivity contribution in [2.45, 2.75) is 26.9 Å². The van der Waals surface area contributed by atoms with Gasteiger partial charge in [0.25, 0.3) is 5.91 Å². The van der Waals surface area contributed by atoms with Crippen molar-refractivity contribution in [3.63, 3.8) is 0 Å². The van der Waals surface area contributed by atoms with Gasteiger partial charge in [-0.2, -0.15) is 5.10 Å². The van der Waals surface area contributed by atoms with Crippen molar-refractivity contribution < 1.29 is 19.7 Å². The van der Waals surface area contributed by atoms with Crippen LogP contribution < -0.4 is 10.1 Å². The van der Waals surface area contributed by atoms with Gasteiger partial charge in [-0.3, -0.25) is 4.79 Å². The zero-order valence-electron chi connectivity index (χ0n) is 18.5. The van der Waals surface area contributed by atoms with Gasteiger partial charge >= 0.3 is 0 Å². The third kappa shape index (κ3) is 4.81. The lowest BCUT2D eigenvalue weighted by Crippen LogP contribution is -2.21. The Morgan fingerprint density at radius 3 is 2.67 bits per heavy atom. The van der Waals surface area contributed by atoms with E-state index in [1.807, 2.05) is 19.1 Å². The molecule has 4 aromatic rings. The zero-order valence-corrected chi connectivity index (χ0v) is 18.5. The van der Waals surface area contributed by atoms with E-state index in [2.05, 4.69) is 25.4 Å². The molecule has 0 saturated heterocycles. The number of nitrogens with zero attached hydrogens (tertiary/aromatic N) is 5. The van der Waals surface area contributed by atoms with Crippen molar-refractivity contribution in [2.24, 2.45) is 0 Å². The molecular weight excluding hydrogens is 424 g/mol. The van der Waals surface area contributed by atoms with Crippen LogP contribution in [0.2, 0.25) is 0 Å². The molecule has 0 unspecified atom stereocenters. The first-order chi connectivity index (χ1) is 15.9. The lowest BCUT2D eigenvalue weighted by molar-refractivity contribution is 0.0538. The first-order valence-electron chi connectivity index (χ1n) is 10.4. The van der Waals surface area contributed by atoms with Gasteiger partial charge in [0.05, 0.1) is 18.0 Å². The largest absolute Gasteiger partial charge is 0.490 e. The number of imidazole rings is 1. The van der Waals surface area contributed by atoms with E-state index in [4.69, 9.17) is 9.84 Å². The Balaban J connectivity index is 1.70. The maximum atomic E-state index is 13.1. The quantitative estimate of drug-likeness (QED) is 0.391. The van der Waals surface area contributed by atoms with Crippen LogP contribution in [0.4, 0.5) is 5.82 Å². The molecule has 1 aromatic carbocycles. The number of anilines is 1. The van der Waals surface area contributed by atoms with Crippen LogP contribution in [0, 0.1) is 20.8 Å². The predicted molar refractivity (Wildman–Crippen MR) is 121 cm³/mol. The number of carbonyl (C=O) groups excluding carboxylic acids is 1. The highest BCUT2D eigenvalue weighted by Gasteiger charge is 2.20. The number of hydrogen-bond acceptors (Lipinski definition) is 8. The molecule has 0 spiro atoms. The van der Waals surface area contributed by atoms with Gasteiger partial charge in [-0.05, 0) is 45.0 Å². The topological polar surface area (TPSA) is 135 Å². The van der Waals surface area contributed by atoms with Gasteiger partial charge in [0, 0.05) is 17.3 Å². The van der Waals surface area contributed by atoms with Crippen LogP contribution in [0.5, 0.6) is 5.75 Å². The van der Waals surface area contributed by atoms with Gasteiger partial charge in [0.15, 0.2) is 11.3 Å². The number of carbonyl (C=O) groups is 1. The van der Waals surface area contributed by atoms with E-state index in [0.717, 1.165) is 5.69 Å². The Morgan fingerprint density at radius 1 is 1.12 bits per heavy atom. The average Bonchev–Trinajstić information content (AvgIpc) is 3.11. The summed E-state index contributed by atoms with van der Waals surface area (Å²) < 4.78 is 7.16. The number of para-hydroxylation sites is 1. The Morgan fingerprint density at radius 2 is 1.91 bits per heavy atom. The molecule has 0 bridgehead atoms. The molecular formula is C23H24N6O4. The van der Waals surface area contributed by atoms with E-state index in [-0.39, 0.29) is 12.3 Å². The summed E-state index contributed by atoms with van der Waals surface area (Å²) in [5.41, 5.74) is 3.30. The van der Waals surface area contributed by atoms with Crippen LogP contribution in [-0.4, -0.2) is 60.0 Å². The molecule has 0 fully saturated rings. The molecule has 3 heterocycles. The number of benzene rings is 1. The second-order valence-electron chi connectivity index (χ2n) is 7.57. The predicted octanol–water partition coefficient (Wildman–Crippen LogP) is 2.10. The Kier molecular flexibility index (Phi) is 6.29. The number of aliphatic hydroxyl groups excluding tert-OH is 2. The first kappa shape index (κ1) is 22.3. The summed E-state index contributed by atoms with van der Waals surface area (Å²) in [5, 5.41) is 26.1. The molecule has 0 radical (unpaired) electrons. The number of nitrogens with one attached hydrogen (secondary N) is 1. The van der Waals surface area contributed by atoms with Gasteiger partial charge in [-0.1, -0.05) is 12.1 Å². The van der Waals surface area contributed by atoms with E-state index in [1.54, 1.807) is 44.2 Å². The standard InChI is InChI=1S/C23H24N6O4/c1-13-10-20(26-15(3)24-13)27-23(32)22-14(2)25-21-9-8-18(28-29(21)22)17-6-4-5-7-19(17)33-12-16(31)11-30/h4-10,16,30-31H,11-12H2,1-3H3,(H,24,26,27,32)/t16-/m1/s1. The number of amides is 1. The lowest BCUT2D eigenvalue weighted by Gasteiger charge is -2.13. The van der Waals surface area contributed by atoms with Crippen molar-refractivity contribution in [1.82, 2.24) is 24.6 Å². The van der Waals surface area contributed by atoms with Gasteiger partial charge in [-0.15, -0.1) is 0 Å². The SMILES string of the molecule is Cc1cc(NC(=O)c2c(C)nc3ccc(-c4ccccc4OC[C@H](O)CO)nn23)nc(C)n1. The van der Waals surface area contributed by atoms with E-state index in [9.17, 15) is 9.90 Å². The summed E-state index contributed by atoms with van der Waals surface area (Å²) in [4.78, 5) is 26.0. The van der Waals surface area contributed by atoms with E-state index in [1.165, 1.54) is 4.52 Å². The Bertz CT molecular complexity index is 1300. The third-order valence-electron chi connectivity index (χ3n) is 4.88. The number of hydrogen-bond donors (Lipinski definition) is 3. The fourth-order valence-corrected chi connectivity index (χ4v) is 3.45. The molecule has 1 amide bonds. The summed E-state index contributed by atoms with van der Waals surface area (Å²) in [6.45, 7) is 4.87. The normalized spacial score (nSPS) is 12.0. The molecule has 0 aliphatic heterocycles. The number of ether oxygens (including phenoxy) is 1. The lowest BCUT2D eigenvalue weighted by atomic mass is 10.1. The molecule has 33 heavy (non-hydrogen) atoms. The molecule has 170 valence electrons. The molecule has 4 rings (SSSR count). The summed E-state index contributed by atoms with van der Waals surface area (Å²) >= 11 is 0. The zero-order chi connectivity index (χ0) is 23.5.